The fourth-order valence-corrected chi connectivity index (χ4v) is 2.12. The molecule has 0 aliphatic carbocycles. The van der Waals surface area contributed by atoms with Gasteiger partial charge in [-0.25, -0.2) is 8.78 Å². The first-order chi connectivity index (χ1) is 9.07. The van der Waals surface area contributed by atoms with Gasteiger partial charge in [0.05, 0.1) is 11.5 Å². The SMILES string of the molecule is CC(C#N)(Cc1cccnc1)c1c(F)cccc1F. The van der Waals surface area contributed by atoms with E-state index in [1.807, 2.05) is 6.07 Å². The van der Waals surface area contributed by atoms with Crippen LogP contribution in [0.3, 0.4) is 0 Å². The molecule has 0 aliphatic heterocycles. The molecule has 0 saturated heterocycles. The smallest absolute Gasteiger partial charge is 0.130 e. The number of pyridine rings is 1. The summed E-state index contributed by atoms with van der Waals surface area (Å²) < 4.78 is 27.7. The van der Waals surface area contributed by atoms with Gasteiger partial charge >= 0.3 is 0 Å². The van der Waals surface area contributed by atoms with Crippen LogP contribution >= 0.6 is 0 Å². The number of hydrogen-bond donors (Lipinski definition) is 0. The molecular formula is C15H12F2N2. The van der Waals surface area contributed by atoms with Crippen LogP contribution in [0, 0.1) is 23.0 Å². The zero-order chi connectivity index (χ0) is 13.9. The molecule has 4 heteroatoms. The number of benzene rings is 1. The highest BCUT2D eigenvalue weighted by Gasteiger charge is 2.33. The van der Waals surface area contributed by atoms with E-state index in [-0.39, 0.29) is 12.0 Å². The third-order valence-electron chi connectivity index (χ3n) is 3.04. The average Bonchev–Trinajstić information content (AvgIpc) is 2.39. The fourth-order valence-electron chi connectivity index (χ4n) is 2.12. The zero-order valence-electron chi connectivity index (χ0n) is 10.4. The Morgan fingerprint density at radius 2 is 1.89 bits per heavy atom. The van der Waals surface area contributed by atoms with Gasteiger partial charge in [0, 0.05) is 18.0 Å². The molecule has 0 fully saturated rings. The molecule has 1 aromatic heterocycles. The van der Waals surface area contributed by atoms with Gasteiger partial charge in [-0.15, -0.1) is 0 Å². The highest BCUT2D eigenvalue weighted by atomic mass is 19.1. The maximum Gasteiger partial charge on any atom is 0.130 e. The number of halogens is 2. The first-order valence-corrected chi connectivity index (χ1v) is 5.81. The highest BCUT2D eigenvalue weighted by Crippen LogP contribution is 2.31. The number of hydrogen-bond acceptors (Lipinski definition) is 2. The molecule has 2 nitrogen and oxygen atoms in total. The van der Waals surface area contributed by atoms with Crippen molar-refractivity contribution in [3.05, 3.63) is 65.5 Å². The van der Waals surface area contributed by atoms with E-state index in [1.54, 1.807) is 24.5 Å². The van der Waals surface area contributed by atoms with E-state index in [4.69, 9.17) is 0 Å². The summed E-state index contributed by atoms with van der Waals surface area (Å²) >= 11 is 0. The molecule has 2 aromatic rings. The quantitative estimate of drug-likeness (QED) is 0.846. The first-order valence-electron chi connectivity index (χ1n) is 5.81. The van der Waals surface area contributed by atoms with Crippen LogP contribution in [0.25, 0.3) is 0 Å². The van der Waals surface area contributed by atoms with Gasteiger partial charge < -0.3 is 0 Å². The van der Waals surface area contributed by atoms with Crippen molar-refractivity contribution in [2.24, 2.45) is 0 Å². The van der Waals surface area contributed by atoms with Crippen LogP contribution in [0.1, 0.15) is 18.1 Å². The third-order valence-corrected chi connectivity index (χ3v) is 3.04. The van der Waals surface area contributed by atoms with Gasteiger partial charge in [-0.1, -0.05) is 12.1 Å². The van der Waals surface area contributed by atoms with E-state index in [0.29, 0.717) is 0 Å². The minimum Gasteiger partial charge on any atom is -0.264 e. The Labute approximate surface area is 110 Å². The van der Waals surface area contributed by atoms with Gasteiger partial charge in [0.2, 0.25) is 0 Å². The normalized spacial score (nSPS) is 13.6. The Hall–Kier alpha value is -2.28. The van der Waals surface area contributed by atoms with Crippen molar-refractivity contribution in [1.82, 2.24) is 4.98 Å². The second-order valence-corrected chi connectivity index (χ2v) is 4.58. The van der Waals surface area contributed by atoms with E-state index in [2.05, 4.69) is 4.98 Å². The van der Waals surface area contributed by atoms with Crippen LogP contribution in [0.5, 0.6) is 0 Å². The Balaban J connectivity index is 2.47. The van der Waals surface area contributed by atoms with Crippen molar-refractivity contribution in [2.75, 3.05) is 0 Å². The number of rotatable bonds is 3. The lowest BCUT2D eigenvalue weighted by molar-refractivity contribution is 0.486. The minimum absolute atomic E-state index is 0.193. The van der Waals surface area contributed by atoms with E-state index in [9.17, 15) is 14.0 Å². The van der Waals surface area contributed by atoms with Gasteiger partial charge in [0.1, 0.15) is 11.6 Å². The molecule has 1 aromatic carbocycles. The van der Waals surface area contributed by atoms with Gasteiger partial charge in [-0.3, -0.25) is 4.98 Å². The molecule has 0 spiro atoms. The summed E-state index contributed by atoms with van der Waals surface area (Å²) in [6, 6.07) is 9.14. The largest absolute Gasteiger partial charge is 0.264 e. The van der Waals surface area contributed by atoms with Crippen molar-refractivity contribution in [3.8, 4) is 6.07 Å². The Kier molecular flexibility index (Phi) is 3.57. The molecule has 1 heterocycles. The molecule has 1 unspecified atom stereocenters. The van der Waals surface area contributed by atoms with Crippen molar-refractivity contribution >= 4 is 0 Å². The number of nitriles is 1. The molecule has 0 amide bonds. The van der Waals surface area contributed by atoms with Crippen LogP contribution in [0.2, 0.25) is 0 Å². The van der Waals surface area contributed by atoms with Crippen molar-refractivity contribution < 1.29 is 8.78 Å². The molecule has 0 radical (unpaired) electrons. The predicted octanol–water partition coefficient (Wildman–Crippen LogP) is 3.38. The Bertz CT molecular complexity index is 600. The van der Waals surface area contributed by atoms with E-state index in [0.717, 1.165) is 17.7 Å². The van der Waals surface area contributed by atoms with Crippen LogP contribution in [-0.4, -0.2) is 4.98 Å². The van der Waals surface area contributed by atoms with Crippen LogP contribution in [-0.2, 0) is 11.8 Å². The minimum atomic E-state index is -1.27. The standard InChI is InChI=1S/C15H12F2N2/c1-15(10-18,8-11-4-3-7-19-9-11)14-12(16)5-2-6-13(14)17/h2-7,9H,8H2,1H3. The molecule has 2 rings (SSSR count). The number of aromatic nitrogens is 1. The van der Waals surface area contributed by atoms with Gasteiger partial charge in [0.25, 0.3) is 0 Å². The Morgan fingerprint density at radius 1 is 1.21 bits per heavy atom. The molecule has 19 heavy (non-hydrogen) atoms. The maximum atomic E-state index is 13.8. The summed E-state index contributed by atoms with van der Waals surface area (Å²) in [6.07, 6.45) is 3.40. The van der Waals surface area contributed by atoms with Crippen molar-refractivity contribution in [1.29, 1.82) is 5.26 Å². The first kappa shape index (κ1) is 13.2. The second kappa shape index (κ2) is 5.15. The van der Waals surface area contributed by atoms with Gasteiger partial charge in [-0.05, 0) is 37.1 Å². The summed E-state index contributed by atoms with van der Waals surface area (Å²) in [5.41, 5.74) is -0.700. The highest BCUT2D eigenvalue weighted by molar-refractivity contribution is 5.36. The van der Waals surface area contributed by atoms with Gasteiger partial charge in [-0.2, -0.15) is 5.26 Å². The second-order valence-electron chi connectivity index (χ2n) is 4.58. The summed E-state index contributed by atoms with van der Waals surface area (Å²) in [5.74, 6) is -1.40. The third kappa shape index (κ3) is 2.60. The zero-order valence-corrected chi connectivity index (χ0v) is 10.4. The van der Waals surface area contributed by atoms with Crippen LogP contribution in [0.4, 0.5) is 8.78 Å². The molecule has 0 aliphatic rings. The maximum absolute atomic E-state index is 13.8. The van der Waals surface area contributed by atoms with Crippen LogP contribution in [0.15, 0.2) is 42.7 Å². The number of nitrogens with zero attached hydrogens (tertiary/aromatic N) is 2. The summed E-state index contributed by atoms with van der Waals surface area (Å²) in [5, 5.41) is 9.35. The molecular weight excluding hydrogens is 246 g/mol. The molecule has 0 saturated carbocycles. The lowest BCUT2D eigenvalue weighted by Gasteiger charge is -2.23. The fraction of sp³-hybridized carbons (Fsp3) is 0.200. The summed E-state index contributed by atoms with van der Waals surface area (Å²) in [4.78, 5) is 3.94. The summed E-state index contributed by atoms with van der Waals surface area (Å²) in [6.45, 7) is 1.53. The predicted molar refractivity (Wildman–Crippen MR) is 67.3 cm³/mol. The molecule has 0 N–H and O–H groups in total. The van der Waals surface area contributed by atoms with Crippen molar-refractivity contribution in [2.45, 2.75) is 18.8 Å². The molecule has 0 bridgehead atoms. The van der Waals surface area contributed by atoms with Gasteiger partial charge in [0.15, 0.2) is 0 Å². The molecule has 1 atom stereocenters. The van der Waals surface area contributed by atoms with Crippen molar-refractivity contribution in [3.63, 3.8) is 0 Å². The average molecular weight is 258 g/mol. The van der Waals surface area contributed by atoms with E-state index in [1.165, 1.54) is 13.0 Å². The summed E-state index contributed by atoms with van der Waals surface area (Å²) in [7, 11) is 0. The molecule has 96 valence electrons. The Morgan fingerprint density at radius 3 is 2.42 bits per heavy atom. The van der Waals surface area contributed by atoms with Crippen LogP contribution < -0.4 is 0 Å². The van der Waals surface area contributed by atoms with E-state index >= 15 is 0 Å². The lowest BCUT2D eigenvalue weighted by atomic mass is 9.78. The monoisotopic (exact) mass is 258 g/mol. The van der Waals surface area contributed by atoms with E-state index < -0.39 is 17.0 Å². The lowest BCUT2D eigenvalue weighted by Crippen LogP contribution is -2.26. The topological polar surface area (TPSA) is 36.7 Å².